The molecule has 1 fully saturated rings. The molecule has 1 saturated heterocycles. The van der Waals surface area contributed by atoms with E-state index < -0.39 is 36.3 Å². The number of alkyl halides is 3. The first-order chi connectivity index (χ1) is 18.2. The van der Waals surface area contributed by atoms with E-state index in [1.807, 2.05) is 46.0 Å². The van der Waals surface area contributed by atoms with Gasteiger partial charge in [-0.05, 0) is 46.7 Å². The van der Waals surface area contributed by atoms with Crippen LogP contribution in [0.15, 0.2) is 22.4 Å². The molecule has 0 aromatic carbocycles. The van der Waals surface area contributed by atoms with Gasteiger partial charge in [0, 0.05) is 38.5 Å². The lowest BCUT2D eigenvalue weighted by atomic mass is 9.74. The fourth-order valence-electron chi connectivity index (χ4n) is 6.01. The number of carbonyl (C=O) groups excluding carboxylic acids is 2. The summed E-state index contributed by atoms with van der Waals surface area (Å²) >= 11 is 0. The number of amides is 2. The Labute approximate surface area is 226 Å². The minimum absolute atomic E-state index is 0.0505. The Morgan fingerprint density at radius 1 is 1.28 bits per heavy atom. The van der Waals surface area contributed by atoms with E-state index in [0.29, 0.717) is 37.3 Å². The first-order valence-electron chi connectivity index (χ1n) is 13.2. The normalized spacial score (nSPS) is 30.5. The van der Waals surface area contributed by atoms with Crippen LogP contribution in [0.4, 0.5) is 18.9 Å². The van der Waals surface area contributed by atoms with Gasteiger partial charge in [0.15, 0.2) is 6.23 Å². The molecule has 1 N–H and O–H groups in total. The Morgan fingerprint density at radius 3 is 2.64 bits per heavy atom. The molecule has 0 aliphatic carbocycles. The van der Waals surface area contributed by atoms with Crippen LogP contribution < -0.4 is 10.2 Å². The molecule has 4 heterocycles. The van der Waals surface area contributed by atoms with Gasteiger partial charge >= 0.3 is 6.18 Å². The van der Waals surface area contributed by atoms with E-state index in [4.69, 9.17) is 9.73 Å². The van der Waals surface area contributed by atoms with Crippen molar-refractivity contribution in [1.82, 2.24) is 20.0 Å². The standard InChI is InChI=1S/C26H38F3N7O3/c1-15-9-19(16-10-18(23(39-6)31-11-16)22(37)30-7-8-34(4)5)33-21-20(15)24(38)36(25(21,2)3)17-12-32-35(13-17)14-26(27,28)29/h11-13,15-16,18-20,23H,7-10,14H2,1-6H3,(H,30,37). The van der Waals surface area contributed by atoms with Crippen molar-refractivity contribution in [2.45, 2.75) is 64.1 Å². The van der Waals surface area contributed by atoms with E-state index in [0.717, 1.165) is 4.68 Å². The van der Waals surface area contributed by atoms with Crippen molar-refractivity contribution < 1.29 is 27.5 Å². The lowest BCUT2D eigenvalue weighted by Gasteiger charge is -2.37. The van der Waals surface area contributed by atoms with Gasteiger partial charge in [0.25, 0.3) is 0 Å². The highest BCUT2D eigenvalue weighted by Gasteiger charge is 2.56. The fraction of sp³-hybridized carbons (Fsp3) is 0.731. The lowest BCUT2D eigenvalue weighted by molar-refractivity contribution is -0.142. The number of fused-ring (bicyclic) bond motifs is 1. The summed E-state index contributed by atoms with van der Waals surface area (Å²) < 4.78 is 44.9. The van der Waals surface area contributed by atoms with Gasteiger partial charge in [-0.2, -0.15) is 18.3 Å². The summed E-state index contributed by atoms with van der Waals surface area (Å²) in [5, 5.41) is 6.81. The Balaban J connectivity index is 1.56. The van der Waals surface area contributed by atoms with Gasteiger partial charge in [-0.3, -0.25) is 29.2 Å². The zero-order valence-electron chi connectivity index (χ0n) is 23.3. The van der Waals surface area contributed by atoms with E-state index in [9.17, 15) is 22.8 Å². The smallest absolute Gasteiger partial charge is 0.359 e. The molecular weight excluding hydrogens is 515 g/mol. The van der Waals surface area contributed by atoms with E-state index in [-0.39, 0.29) is 29.7 Å². The zero-order valence-corrected chi connectivity index (χ0v) is 23.3. The van der Waals surface area contributed by atoms with E-state index in [1.165, 1.54) is 24.4 Å². The number of nitrogens with zero attached hydrogens (tertiary/aromatic N) is 6. The van der Waals surface area contributed by atoms with Crippen LogP contribution in [0.1, 0.15) is 33.6 Å². The van der Waals surface area contributed by atoms with Crippen LogP contribution in [-0.4, -0.2) is 96.7 Å². The van der Waals surface area contributed by atoms with Crippen molar-refractivity contribution in [3.8, 4) is 0 Å². The zero-order chi connectivity index (χ0) is 28.7. The second-order valence-electron chi connectivity index (χ2n) is 11.5. The van der Waals surface area contributed by atoms with Gasteiger partial charge in [-0.15, -0.1) is 0 Å². The van der Waals surface area contributed by atoms with Crippen molar-refractivity contribution in [2.24, 2.45) is 33.7 Å². The Kier molecular flexibility index (Phi) is 8.23. The molecule has 4 rings (SSSR count). The number of aromatic nitrogens is 2. The number of aliphatic imine (C=N–C) groups is 2. The topological polar surface area (TPSA) is 104 Å². The fourth-order valence-corrected chi connectivity index (χ4v) is 6.01. The van der Waals surface area contributed by atoms with Gasteiger partial charge in [0.1, 0.15) is 6.54 Å². The molecule has 1 aromatic heterocycles. The van der Waals surface area contributed by atoms with Gasteiger partial charge in [-0.1, -0.05) is 6.92 Å². The summed E-state index contributed by atoms with van der Waals surface area (Å²) in [4.78, 5) is 39.7. The van der Waals surface area contributed by atoms with Crippen LogP contribution in [-0.2, 0) is 20.9 Å². The van der Waals surface area contributed by atoms with Gasteiger partial charge in [0.05, 0.1) is 41.0 Å². The summed E-state index contributed by atoms with van der Waals surface area (Å²) in [6.07, 6.45) is 0.516. The van der Waals surface area contributed by atoms with Crippen LogP contribution >= 0.6 is 0 Å². The number of anilines is 1. The number of rotatable bonds is 8. The molecule has 0 saturated carbocycles. The molecular formula is C26H38F3N7O3. The first kappa shape index (κ1) is 29.2. The largest absolute Gasteiger partial charge is 0.408 e. The van der Waals surface area contributed by atoms with E-state index in [2.05, 4.69) is 15.4 Å². The second-order valence-corrected chi connectivity index (χ2v) is 11.5. The number of likely N-dealkylation sites (N-methyl/N-ethyl adjacent to an activating group) is 1. The lowest BCUT2D eigenvalue weighted by Crippen LogP contribution is -2.47. The predicted molar refractivity (Wildman–Crippen MR) is 141 cm³/mol. The molecule has 216 valence electrons. The monoisotopic (exact) mass is 553 g/mol. The van der Waals surface area contributed by atoms with Gasteiger partial charge < -0.3 is 15.0 Å². The predicted octanol–water partition coefficient (Wildman–Crippen LogP) is 2.39. The molecule has 1 aromatic rings. The Bertz CT molecular complexity index is 1130. The minimum atomic E-state index is -4.42. The van der Waals surface area contributed by atoms with Crippen molar-refractivity contribution >= 4 is 29.4 Å². The Morgan fingerprint density at radius 2 is 2.00 bits per heavy atom. The van der Waals surface area contributed by atoms with Crippen LogP contribution in [0.3, 0.4) is 0 Å². The molecule has 0 radical (unpaired) electrons. The summed E-state index contributed by atoms with van der Waals surface area (Å²) in [6.45, 7) is 5.72. The number of methoxy groups -OCH3 is 1. The van der Waals surface area contributed by atoms with Crippen LogP contribution in [0.5, 0.6) is 0 Å². The molecule has 0 spiro atoms. The number of hydrogen-bond acceptors (Lipinski definition) is 7. The molecule has 6 atom stereocenters. The summed E-state index contributed by atoms with van der Waals surface area (Å²) in [6, 6.07) is -0.190. The highest BCUT2D eigenvalue weighted by Crippen LogP contribution is 2.44. The summed E-state index contributed by atoms with van der Waals surface area (Å²) in [5.74, 6) is -1.41. The van der Waals surface area contributed by atoms with Crippen LogP contribution in [0.2, 0.25) is 0 Å². The Hall–Kier alpha value is -2.80. The highest BCUT2D eigenvalue weighted by atomic mass is 19.4. The summed E-state index contributed by atoms with van der Waals surface area (Å²) in [5.41, 5.74) is 0.158. The first-order valence-corrected chi connectivity index (χ1v) is 13.2. The van der Waals surface area contributed by atoms with Crippen LogP contribution in [0, 0.1) is 23.7 Å². The van der Waals surface area contributed by atoms with Gasteiger partial charge in [-0.25, -0.2) is 0 Å². The number of carbonyl (C=O) groups is 2. The van der Waals surface area contributed by atoms with E-state index in [1.54, 1.807) is 0 Å². The molecule has 3 aliphatic heterocycles. The maximum atomic E-state index is 13.6. The molecule has 6 unspecified atom stereocenters. The minimum Gasteiger partial charge on any atom is -0.359 e. The molecule has 0 bridgehead atoms. The average Bonchev–Trinajstić information content (AvgIpc) is 3.35. The van der Waals surface area contributed by atoms with E-state index >= 15 is 0 Å². The third kappa shape index (κ3) is 6.03. The SMILES string of the molecule is COC1N=CC(C2CC(C)C3C(=O)N(c4cnn(CC(F)(F)F)c4)C(C)(C)C3=N2)CC1C(=O)NCCN(C)C. The maximum absolute atomic E-state index is 13.6. The number of halogens is 3. The molecule has 13 heteroatoms. The number of hydrogen-bond donors (Lipinski definition) is 1. The van der Waals surface area contributed by atoms with Gasteiger partial charge in [0.2, 0.25) is 11.8 Å². The number of nitrogens with one attached hydrogen (secondary N) is 1. The second kappa shape index (κ2) is 11.0. The summed E-state index contributed by atoms with van der Waals surface area (Å²) in [7, 11) is 5.41. The number of ether oxygens (including phenoxy) is 1. The molecule has 2 amide bonds. The quantitative estimate of drug-likeness (QED) is 0.533. The molecule has 39 heavy (non-hydrogen) atoms. The molecule has 3 aliphatic rings. The third-order valence-electron chi connectivity index (χ3n) is 7.90. The highest BCUT2D eigenvalue weighted by molar-refractivity contribution is 6.23. The third-order valence-corrected chi connectivity index (χ3v) is 7.90. The maximum Gasteiger partial charge on any atom is 0.408 e. The van der Waals surface area contributed by atoms with Crippen LogP contribution in [0.25, 0.3) is 0 Å². The van der Waals surface area contributed by atoms with Crippen molar-refractivity contribution in [1.29, 1.82) is 0 Å². The molecule has 10 nitrogen and oxygen atoms in total. The average molecular weight is 554 g/mol. The van der Waals surface area contributed by atoms with Crippen molar-refractivity contribution in [2.75, 3.05) is 39.2 Å². The van der Waals surface area contributed by atoms with Crippen molar-refractivity contribution in [3.63, 3.8) is 0 Å². The van der Waals surface area contributed by atoms with Crippen molar-refractivity contribution in [3.05, 3.63) is 12.4 Å².